The smallest absolute Gasteiger partial charge is 0.251 e. The number of aromatic nitrogens is 2. The Hall–Kier alpha value is -3.16. The fraction of sp³-hybridized carbons (Fsp3) is 0.227. The quantitative estimate of drug-likeness (QED) is 0.690. The molecule has 2 aromatic carbocycles. The van der Waals surface area contributed by atoms with Crippen molar-refractivity contribution in [2.75, 3.05) is 0 Å². The fourth-order valence-corrected chi connectivity index (χ4v) is 3.98. The van der Waals surface area contributed by atoms with Gasteiger partial charge in [-0.1, -0.05) is 58.7 Å². The lowest BCUT2D eigenvalue weighted by molar-refractivity contribution is -0.135. The van der Waals surface area contributed by atoms with Crippen molar-refractivity contribution in [2.24, 2.45) is 0 Å². The Balaban J connectivity index is 1.28. The Morgan fingerprint density at radius 3 is 2.83 bits per heavy atom. The number of benzene rings is 2. The van der Waals surface area contributed by atoms with Crippen LogP contribution in [-0.4, -0.2) is 32.0 Å². The second-order valence-corrected chi connectivity index (χ2v) is 7.97. The minimum absolute atomic E-state index is 0.00196. The minimum atomic E-state index is -0.267. The summed E-state index contributed by atoms with van der Waals surface area (Å²) in [6, 6.07) is 15.5. The van der Waals surface area contributed by atoms with E-state index in [4.69, 9.17) is 16.1 Å². The second-order valence-electron chi connectivity index (χ2n) is 7.54. The van der Waals surface area contributed by atoms with Crippen molar-refractivity contribution < 1.29 is 9.32 Å². The lowest BCUT2D eigenvalue weighted by Crippen LogP contribution is -2.47. The van der Waals surface area contributed by atoms with E-state index in [9.17, 15) is 4.79 Å². The molecule has 8 heteroatoms. The molecule has 0 saturated carbocycles. The van der Waals surface area contributed by atoms with E-state index in [2.05, 4.69) is 46.8 Å². The van der Waals surface area contributed by atoms with Crippen molar-refractivity contribution in [3.05, 3.63) is 83.0 Å². The molecule has 0 bridgehead atoms. The zero-order valence-electron chi connectivity index (χ0n) is 16.3. The van der Waals surface area contributed by atoms with Gasteiger partial charge in [0.1, 0.15) is 12.6 Å². The molecule has 2 aliphatic rings. The van der Waals surface area contributed by atoms with E-state index < -0.39 is 0 Å². The van der Waals surface area contributed by atoms with E-state index in [-0.39, 0.29) is 24.5 Å². The van der Waals surface area contributed by atoms with E-state index in [1.807, 2.05) is 23.3 Å². The number of carbonyl (C=O) groups excluding carboxylic acids is 1. The summed E-state index contributed by atoms with van der Waals surface area (Å²) in [5.41, 5.74) is 6.57. The molecule has 5 rings (SSSR count). The standard InChI is InChI=1S/C22H20ClN5O2/c1-14-5-7-15(8-6-14)18-12-19-22(29)27(9-10-28(19)25-18)13-20-24-21(26-30-20)16-3-2-4-17(23)11-16/h2-11,18-19,25H,12-13H2,1H3. The van der Waals surface area contributed by atoms with Crippen LogP contribution in [0.5, 0.6) is 0 Å². The van der Waals surface area contributed by atoms with Gasteiger partial charge in [-0.15, -0.1) is 0 Å². The maximum Gasteiger partial charge on any atom is 0.251 e. The number of amides is 1. The zero-order chi connectivity index (χ0) is 20.7. The molecule has 1 saturated heterocycles. The van der Waals surface area contributed by atoms with Gasteiger partial charge < -0.3 is 14.4 Å². The molecular formula is C22H20ClN5O2. The van der Waals surface area contributed by atoms with Crippen molar-refractivity contribution in [3.63, 3.8) is 0 Å². The van der Waals surface area contributed by atoms with E-state index in [1.54, 1.807) is 23.2 Å². The Morgan fingerprint density at radius 1 is 1.20 bits per heavy atom. The summed E-state index contributed by atoms with van der Waals surface area (Å²) < 4.78 is 5.36. The summed E-state index contributed by atoms with van der Waals surface area (Å²) >= 11 is 6.03. The molecule has 1 fully saturated rings. The first-order valence-electron chi connectivity index (χ1n) is 9.75. The molecule has 2 aliphatic heterocycles. The molecule has 1 amide bonds. The van der Waals surface area contributed by atoms with Crippen LogP contribution in [0.4, 0.5) is 0 Å². The topological polar surface area (TPSA) is 74.5 Å². The molecular weight excluding hydrogens is 402 g/mol. The number of carbonyl (C=O) groups is 1. The van der Waals surface area contributed by atoms with E-state index in [0.29, 0.717) is 23.2 Å². The summed E-state index contributed by atoms with van der Waals surface area (Å²) in [7, 11) is 0. The van der Waals surface area contributed by atoms with E-state index in [1.165, 1.54) is 11.1 Å². The number of hydrogen-bond donors (Lipinski definition) is 1. The number of aryl methyl sites for hydroxylation is 1. The number of halogens is 1. The third kappa shape index (κ3) is 3.58. The number of fused-ring (bicyclic) bond motifs is 1. The van der Waals surface area contributed by atoms with Gasteiger partial charge in [-0.2, -0.15) is 4.98 Å². The lowest BCUT2D eigenvalue weighted by Gasteiger charge is -2.30. The molecule has 0 radical (unpaired) electrons. The van der Waals surface area contributed by atoms with Crippen molar-refractivity contribution in [2.45, 2.75) is 32.0 Å². The Morgan fingerprint density at radius 2 is 2.03 bits per heavy atom. The molecule has 0 aliphatic carbocycles. The average Bonchev–Trinajstić information content (AvgIpc) is 3.38. The Kier molecular flexibility index (Phi) is 4.77. The Labute approximate surface area is 178 Å². The van der Waals surface area contributed by atoms with Gasteiger partial charge in [0.15, 0.2) is 0 Å². The summed E-state index contributed by atoms with van der Waals surface area (Å²) in [6.45, 7) is 2.29. The fourth-order valence-electron chi connectivity index (χ4n) is 3.79. The second kappa shape index (κ2) is 7.59. The Bertz CT molecular complexity index is 1110. The summed E-state index contributed by atoms with van der Waals surface area (Å²) in [5, 5.41) is 6.50. The third-order valence-electron chi connectivity index (χ3n) is 5.41. The normalized spacial score (nSPS) is 20.7. The molecule has 2 unspecified atom stereocenters. The van der Waals surface area contributed by atoms with Gasteiger partial charge in [0.05, 0.1) is 6.04 Å². The molecule has 7 nitrogen and oxygen atoms in total. The number of hydrazine groups is 1. The molecule has 3 heterocycles. The summed E-state index contributed by atoms with van der Waals surface area (Å²) in [5.74, 6) is 0.823. The molecule has 1 aromatic heterocycles. The molecule has 0 spiro atoms. The molecule has 1 N–H and O–H groups in total. The van der Waals surface area contributed by atoms with Crippen molar-refractivity contribution in [1.82, 2.24) is 25.5 Å². The van der Waals surface area contributed by atoms with Crippen LogP contribution in [0.25, 0.3) is 11.4 Å². The summed E-state index contributed by atoms with van der Waals surface area (Å²) in [4.78, 5) is 19.1. The number of rotatable bonds is 4. The van der Waals surface area contributed by atoms with Gasteiger partial charge in [-0.3, -0.25) is 4.79 Å². The first-order chi connectivity index (χ1) is 14.6. The van der Waals surface area contributed by atoms with Gasteiger partial charge in [0, 0.05) is 23.0 Å². The maximum absolute atomic E-state index is 13.0. The number of nitrogens with one attached hydrogen (secondary N) is 1. The van der Waals surface area contributed by atoms with Gasteiger partial charge in [0.2, 0.25) is 11.7 Å². The highest BCUT2D eigenvalue weighted by molar-refractivity contribution is 6.30. The monoisotopic (exact) mass is 421 g/mol. The van der Waals surface area contributed by atoms with Crippen LogP contribution in [0.2, 0.25) is 5.02 Å². The minimum Gasteiger partial charge on any atom is -0.337 e. The SMILES string of the molecule is Cc1ccc(C2CC3C(=O)N(Cc4nc(-c5cccc(Cl)c5)no4)C=CN3N2)cc1. The van der Waals surface area contributed by atoms with Crippen molar-refractivity contribution in [3.8, 4) is 11.4 Å². The van der Waals surface area contributed by atoms with Gasteiger partial charge in [0.25, 0.3) is 5.91 Å². The average molecular weight is 422 g/mol. The highest BCUT2D eigenvalue weighted by Crippen LogP contribution is 2.31. The van der Waals surface area contributed by atoms with E-state index >= 15 is 0 Å². The maximum atomic E-state index is 13.0. The van der Waals surface area contributed by atoms with Crippen LogP contribution in [0.1, 0.15) is 29.5 Å². The van der Waals surface area contributed by atoms with Crippen LogP contribution in [0, 0.1) is 6.92 Å². The first kappa shape index (κ1) is 18.8. The molecule has 2 atom stereocenters. The highest BCUT2D eigenvalue weighted by atomic mass is 35.5. The van der Waals surface area contributed by atoms with Gasteiger partial charge >= 0.3 is 0 Å². The summed E-state index contributed by atoms with van der Waals surface area (Å²) in [6.07, 6.45) is 4.32. The van der Waals surface area contributed by atoms with Crippen LogP contribution in [0.15, 0.2) is 65.5 Å². The van der Waals surface area contributed by atoms with Crippen LogP contribution in [-0.2, 0) is 11.3 Å². The molecule has 3 aromatic rings. The van der Waals surface area contributed by atoms with Crippen molar-refractivity contribution in [1.29, 1.82) is 0 Å². The predicted octanol–water partition coefficient (Wildman–Crippen LogP) is 3.83. The molecule has 152 valence electrons. The largest absolute Gasteiger partial charge is 0.337 e. The zero-order valence-corrected chi connectivity index (χ0v) is 17.1. The third-order valence-corrected chi connectivity index (χ3v) is 5.65. The van der Waals surface area contributed by atoms with Crippen LogP contribution >= 0.6 is 11.6 Å². The number of nitrogens with zero attached hydrogens (tertiary/aromatic N) is 4. The molecule has 30 heavy (non-hydrogen) atoms. The predicted molar refractivity (Wildman–Crippen MR) is 112 cm³/mol. The van der Waals surface area contributed by atoms with Crippen LogP contribution < -0.4 is 5.43 Å². The lowest BCUT2D eigenvalue weighted by atomic mass is 10.00. The van der Waals surface area contributed by atoms with Gasteiger partial charge in [-0.25, -0.2) is 5.43 Å². The van der Waals surface area contributed by atoms with Gasteiger partial charge in [-0.05, 0) is 31.0 Å². The highest BCUT2D eigenvalue weighted by Gasteiger charge is 2.40. The van der Waals surface area contributed by atoms with Crippen LogP contribution in [0.3, 0.4) is 0 Å². The number of hydrogen-bond acceptors (Lipinski definition) is 6. The van der Waals surface area contributed by atoms with Crippen molar-refractivity contribution >= 4 is 17.5 Å². The van der Waals surface area contributed by atoms with E-state index in [0.717, 1.165) is 5.56 Å². The first-order valence-corrected chi connectivity index (χ1v) is 10.1.